The Bertz CT molecular complexity index is 434. The summed E-state index contributed by atoms with van der Waals surface area (Å²) in [5, 5.41) is 13.7. The molecule has 0 saturated carbocycles. The number of methoxy groups -OCH3 is 1. The number of para-hydroxylation sites is 2. The fraction of sp³-hybridized carbons (Fsp3) is 0.333. The summed E-state index contributed by atoms with van der Waals surface area (Å²) in [6, 6.07) is 5.40. The van der Waals surface area contributed by atoms with Crippen molar-refractivity contribution in [2.45, 2.75) is 19.4 Å². The number of amides is 2. The fourth-order valence-electron chi connectivity index (χ4n) is 1.40. The number of carbonyl (C=O) groups is 2. The maximum atomic E-state index is 11.6. The molecule has 1 atom stereocenters. The SMILES string of the molecule is CCC(NC(=O)Nc1ccccc1OC)C(=O)O. The molecule has 6 nitrogen and oxygen atoms in total. The van der Waals surface area contributed by atoms with Crippen LogP contribution in [0, 0.1) is 0 Å². The van der Waals surface area contributed by atoms with E-state index in [1.54, 1.807) is 31.2 Å². The Balaban J connectivity index is 2.67. The summed E-state index contributed by atoms with van der Waals surface area (Å²) in [4.78, 5) is 22.4. The lowest BCUT2D eigenvalue weighted by molar-refractivity contribution is -0.139. The molecule has 0 saturated heterocycles. The molecule has 0 aliphatic rings. The van der Waals surface area contributed by atoms with Crippen molar-refractivity contribution < 1.29 is 19.4 Å². The highest BCUT2D eigenvalue weighted by Gasteiger charge is 2.17. The van der Waals surface area contributed by atoms with E-state index in [9.17, 15) is 9.59 Å². The lowest BCUT2D eigenvalue weighted by Crippen LogP contribution is -2.42. The number of rotatable bonds is 5. The molecule has 6 heteroatoms. The molecule has 0 aliphatic heterocycles. The van der Waals surface area contributed by atoms with Crippen molar-refractivity contribution in [3.05, 3.63) is 24.3 Å². The molecule has 0 fully saturated rings. The van der Waals surface area contributed by atoms with Gasteiger partial charge in [-0.2, -0.15) is 0 Å². The second-order valence-corrected chi connectivity index (χ2v) is 3.60. The molecule has 1 rings (SSSR count). The second-order valence-electron chi connectivity index (χ2n) is 3.60. The first kappa shape index (κ1) is 13.8. The maximum Gasteiger partial charge on any atom is 0.326 e. The maximum absolute atomic E-state index is 11.6. The molecule has 18 heavy (non-hydrogen) atoms. The summed E-state index contributed by atoms with van der Waals surface area (Å²) in [6.45, 7) is 1.68. The van der Waals surface area contributed by atoms with Crippen LogP contribution in [0.15, 0.2) is 24.3 Å². The lowest BCUT2D eigenvalue weighted by Gasteiger charge is -2.14. The first-order valence-corrected chi connectivity index (χ1v) is 5.51. The number of carbonyl (C=O) groups excluding carboxylic acids is 1. The summed E-state index contributed by atoms with van der Waals surface area (Å²) >= 11 is 0. The normalized spacial score (nSPS) is 11.4. The first-order chi connectivity index (χ1) is 8.58. The van der Waals surface area contributed by atoms with Crippen molar-refractivity contribution in [2.24, 2.45) is 0 Å². The van der Waals surface area contributed by atoms with Crippen LogP contribution in [0.2, 0.25) is 0 Å². The molecule has 0 spiro atoms. The summed E-state index contributed by atoms with van der Waals surface area (Å²) in [5.74, 6) is -0.552. The topological polar surface area (TPSA) is 87.7 Å². The Labute approximate surface area is 105 Å². The van der Waals surface area contributed by atoms with E-state index in [2.05, 4.69) is 10.6 Å². The van der Waals surface area contributed by atoms with Gasteiger partial charge < -0.3 is 20.5 Å². The van der Waals surface area contributed by atoms with Crippen LogP contribution in [0.5, 0.6) is 5.75 Å². The number of urea groups is 1. The van der Waals surface area contributed by atoms with Crippen molar-refractivity contribution in [1.82, 2.24) is 5.32 Å². The summed E-state index contributed by atoms with van der Waals surface area (Å²) < 4.78 is 5.07. The predicted octanol–water partition coefficient (Wildman–Crippen LogP) is 1.68. The molecule has 3 N–H and O–H groups in total. The van der Waals surface area contributed by atoms with Gasteiger partial charge in [0.05, 0.1) is 12.8 Å². The van der Waals surface area contributed by atoms with Crippen molar-refractivity contribution in [1.29, 1.82) is 0 Å². The van der Waals surface area contributed by atoms with E-state index < -0.39 is 18.0 Å². The van der Waals surface area contributed by atoms with Crippen LogP contribution in [-0.2, 0) is 4.79 Å². The van der Waals surface area contributed by atoms with Gasteiger partial charge in [0.2, 0.25) is 0 Å². The third-order valence-electron chi connectivity index (χ3n) is 2.37. The zero-order valence-electron chi connectivity index (χ0n) is 10.3. The number of carboxylic acid groups (broad SMARTS) is 1. The number of benzene rings is 1. The summed E-state index contributed by atoms with van der Waals surface area (Å²) in [7, 11) is 1.49. The van der Waals surface area contributed by atoms with E-state index in [1.807, 2.05) is 0 Å². The zero-order chi connectivity index (χ0) is 13.5. The van der Waals surface area contributed by atoms with E-state index >= 15 is 0 Å². The van der Waals surface area contributed by atoms with Gasteiger partial charge in [-0.3, -0.25) is 0 Å². The van der Waals surface area contributed by atoms with Gasteiger partial charge in [0.1, 0.15) is 11.8 Å². The van der Waals surface area contributed by atoms with Crippen molar-refractivity contribution in [2.75, 3.05) is 12.4 Å². The van der Waals surface area contributed by atoms with Gasteiger partial charge in [-0.15, -0.1) is 0 Å². The molecule has 0 aliphatic carbocycles. The van der Waals surface area contributed by atoms with E-state index in [-0.39, 0.29) is 0 Å². The summed E-state index contributed by atoms with van der Waals surface area (Å²) in [6.07, 6.45) is 0.314. The minimum Gasteiger partial charge on any atom is -0.495 e. The standard InChI is InChI=1S/C12H16N2O4/c1-3-8(11(15)16)13-12(17)14-9-6-4-5-7-10(9)18-2/h4-8H,3H2,1-2H3,(H,15,16)(H2,13,14,17). The highest BCUT2D eigenvalue weighted by atomic mass is 16.5. The molecule has 0 radical (unpaired) electrons. The van der Waals surface area contributed by atoms with Crippen LogP contribution in [-0.4, -0.2) is 30.3 Å². The molecule has 1 unspecified atom stereocenters. The van der Waals surface area contributed by atoms with Crippen LogP contribution < -0.4 is 15.4 Å². The first-order valence-electron chi connectivity index (χ1n) is 5.51. The third-order valence-corrected chi connectivity index (χ3v) is 2.37. The molecular formula is C12H16N2O4. The number of nitrogens with one attached hydrogen (secondary N) is 2. The number of anilines is 1. The van der Waals surface area contributed by atoms with Crippen LogP contribution in [0.25, 0.3) is 0 Å². The fourth-order valence-corrected chi connectivity index (χ4v) is 1.40. The zero-order valence-corrected chi connectivity index (χ0v) is 10.3. The smallest absolute Gasteiger partial charge is 0.326 e. The van der Waals surface area contributed by atoms with Gasteiger partial charge in [0, 0.05) is 0 Å². The molecule has 98 valence electrons. The van der Waals surface area contributed by atoms with Gasteiger partial charge in [0.15, 0.2) is 0 Å². The number of carboxylic acids is 1. The van der Waals surface area contributed by atoms with Gasteiger partial charge in [-0.05, 0) is 18.6 Å². The lowest BCUT2D eigenvalue weighted by atomic mass is 10.2. The molecule has 1 aromatic rings. The number of hydrogen-bond acceptors (Lipinski definition) is 3. The molecular weight excluding hydrogens is 236 g/mol. The Morgan fingerprint density at radius 2 is 2.06 bits per heavy atom. The molecule has 1 aromatic carbocycles. The van der Waals surface area contributed by atoms with Crippen molar-refractivity contribution in [3.63, 3.8) is 0 Å². The number of hydrogen-bond donors (Lipinski definition) is 3. The van der Waals surface area contributed by atoms with Crippen LogP contribution in [0.1, 0.15) is 13.3 Å². The highest BCUT2D eigenvalue weighted by Crippen LogP contribution is 2.22. The largest absolute Gasteiger partial charge is 0.495 e. The van der Waals surface area contributed by atoms with Crippen molar-refractivity contribution >= 4 is 17.7 Å². The average molecular weight is 252 g/mol. The molecule has 2 amide bonds. The van der Waals surface area contributed by atoms with Crippen molar-refractivity contribution in [3.8, 4) is 5.75 Å². The average Bonchev–Trinajstić information content (AvgIpc) is 2.36. The summed E-state index contributed by atoms with van der Waals surface area (Å²) in [5.41, 5.74) is 0.484. The Hall–Kier alpha value is -2.24. The second kappa shape index (κ2) is 6.48. The quantitative estimate of drug-likeness (QED) is 0.744. The predicted molar refractivity (Wildman–Crippen MR) is 66.9 cm³/mol. The van der Waals surface area contributed by atoms with Crippen LogP contribution >= 0.6 is 0 Å². The Morgan fingerprint density at radius 1 is 1.39 bits per heavy atom. The van der Waals surface area contributed by atoms with Crippen LogP contribution in [0.3, 0.4) is 0 Å². The van der Waals surface area contributed by atoms with Gasteiger partial charge in [0.25, 0.3) is 0 Å². The van der Waals surface area contributed by atoms with E-state index in [0.717, 1.165) is 0 Å². The van der Waals surface area contributed by atoms with Gasteiger partial charge in [-0.1, -0.05) is 19.1 Å². The van der Waals surface area contributed by atoms with Gasteiger partial charge in [-0.25, -0.2) is 9.59 Å². The minimum absolute atomic E-state index is 0.314. The molecule has 0 heterocycles. The molecule has 0 bridgehead atoms. The Kier molecular flexibility index (Phi) is 4.98. The van der Waals surface area contributed by atoms with E-state index in [4.69, 9.17) is 9.84 Å². The monoisotopic (exact) mass is 252 g/mol. The highest BCUT2D eigenvalue weighted by molar-refractivity contribution is 5.93. The number of aliphatic carboxylic acids is 1. The molecule has 0 aromatic heterocycles. The van der Waals surface area contributed by atoms with Crippen LogP contribution in [0.4, 0.5) is 10.5 Å². The van der Waals surface area contributed by atoms with E-state index in [1.165, 1.54) is 7.11 Å². The minimum atomic E-state index is -1.06. The van der Waals surface area contributed by atoms with E-state index in [0.29, 0.717) is 17.9 Å². The third kappa shape index (κ3) is 3.65. The Morgan fingerprint density at radius 3 is 2.61 bits per heavy atom. The van der Waals surface area contributed by atoms with Gasteiger partial charge >= 0.3 is 12.0 Å². The number of ether oxygens (including phenoxy) is 1.